The van der Waals surface area contributed by atoms with Crippen LogP contribution in [0.15, 0.2) is 84.9 Å². The molecule has 7 nitrogen and oxygen atoms in total. The summed E-state index contributed by atoms with van der Waals surface area (Å²) in [6.07, 6.45) is -2.39. The van der Waals surface area contributed by atoms with Crippen molar-refractivity contribution in [2.24, 2.45) is 0 Å². The van der Waals surface area contributed by atoms with E-state index >= 15 is 0 Å². The van der Waals surface area contributed by atoms with Crippen LogP contribution in [0.4, 0.5) is 5.69 Å². The SMILES string of the molecule is CC(C)c1c(C(=O)Nc2ccccc2)c(-c2ccccc2)c(-c2ccccc2Cl)n1CC[C@@H](O)C[C@@H](O)CC(=O)O. The van der Waals surface area contributed by atoms with Gasteiger partial charge in [-0.25, -0.2) is 0 Å². The van der Waals surface area contributed by atoms with Gasteiger partial charge in [-0.3, -0.25) is 9.59 Å². The lowest BCUT2D eigenvalue weighted by Crippen LogP contribution is -2.22. The Kier molecular flexibility index (Phi) is 10.00. The van der Waals surface area contributed by atoms with E-state index in [9.17, 15) is 19.8 Å². The topological polar surface area (TPSA) is 112 Å². The second kappa shape index (κ2) is 13.6. The Labute approximate surface area is 245 Å². The molecule has 41 heavy (non-hydrogen) atoms. The van der Waals surface area contributed by atoms with E-state index < -0.39 is 24.6 Å². The van der Waals surface area contributed by atoms with Crippen LogP contribution in [-0.4, -0.2) is 44.0 Å². The number of amides is 1. The van der Waals surface area contributed by atoms with Crippen LogP contribution in [0, 0.1) is 0 Å². The van der Waals surface area contributed by atoms with Gasteiger partial charge in [0.2, 0.25) is 0 Å². The van der Waals surface area contributed by atoms with E-state index in [0.29, 0.717) is 22.8 Å². The zero-order valence-corrected chi connectivity index (χ0v) is 23.9. The molecule has 4 rings (SSSR count). The highest BCUT2D eigenvalue weighted by Gasteiger charge is 2.31. The fraction of sp³-hybridized carbons (Fsp3) is 0.273. The predicted molar refractivity (Wildman–Crippen MR) is 162 cm³/mol. The van der Waals surface area contributed by atoms with Gasteiger partial charge in [-0.15, -0.1) is 0 Å². The van der Waals surface area contributed by atoms with E-state index in [4.69, 9.17) is 16.7 Å². The first-order valence-corrected chi connectivity index (χ1v) is 14.1. The minimum Gasteiger partial charge on any atom is -0.481 e. The average Bonchev–Trinajstić information content (AvgIpc) is 3.28. The van der Waals surface area contributed by atoms with Crippen LogP contribution in [0.1, 0.15) is 55.1 Å². The molecule has 2 atom stereocenters. The Bertz CT molecular complexity index is 1480. The van der Waals surface area contributed by atoms with Crippen molar-refractivity contribution in [3.05, 3.63) is 101 Å². The third kappa shape index (κ3) is 7.24. The van der Waals surface area contributed by atoms with Gasteiger partial charge >= 0.3 is 5.97 Å². The molecule has 0 saturated heterocycles. The first kappa shape index (κ1) is 30.1. The molecule has 214 valence electrons. The molecule has 0 unspecified atom stereocenters. The number of aliphatic hydroxyl groups is 2. The second-order valence-electron chi connectivity index (χ2n) is 10.4. The van der Waals surface area contributed by atoms with Crippen LogP contribution in [0.5, 0.6) is 0 Å². The van der Waals surface area contributed by atoms with Crippen molar-refractivity contribution in [1.82, 2.24) is 4.57 Å². The number of carboxylic acid groups (broad SMARTS) is 1. The number of aromatic nitrogens is 1. The van der Waals surface area contributed by atoms with E-state index in [1.54, 1.807) is 6.07 Å². The van der Waals surface area contributed by atoms with Crippen LogP contribution >= 0.6 is 11.6 Å². The number of rotatable bonds is 12. The van der Waals surface area contributed by atoms with Gasteiger partial charge in [-0.1, -0.05) is 92.2 Å². The molecule has 3 aromatic carbocycles. The van der Waals surface area contributed by atoms with Crippen LogP contribution in [0.25, 0.3) is 22.4 Å². The van der Waals surface area contributed by atoms with Crippen molar-refractivity contribution in [3.8, 4) is 22.4 Å². The first-order valence-electron chi connectivity index (χ1n) is 13.7. The van der Waals surface area contributed by atoms with Gasteiger partial charge in [-0.05, 0) is 42.5 Å². The zero-order chi connectivity index (χ0) is 29.5. The number of halogens is 1. The number of hydrogen-bond donors (Lipinski definition) is 4. The molecule has 4 N–H and O–H groups in total. The third-order valence-electron chi connectivity index (χ3n) is 6.94. The Balaban J connectivity index is 1.91. The summed E-state index contributed by atoms with van der Waals surface area (Å²) >= 11 is 6.77. The molecule has 8 heteroatoms. The minimum absolute atomic E-state index is 0.0705. The van der Waals surface area contributed by atoms with Gasteiger partial charge in [0, 0.05) is 34.1 Å². The highest BCUT2D eigenvalue weighted by atomic mass is 35.5. The number of carbonyl (C=O) groups is 2. The Hall–Kier alpha value is -3.91. The number of benzene rings is 3. The van der Waals surface area contributed by atoms with Gasteiger partial charge < -0.3 is 25.2 Å². The standard InChI is InChI=1S/C33H35ClN2O5/c1-21(2)31-30(33(41)35-23-13-7-4-8-14-23)29(22-11-5-3-6-12-22)32(26-15-9-10-16-27(26)34)36(31)18-17-24(37)19-25(38)20-28(39)40/h3-16,21,24-25,37-38H,17-20H2,1-2H3,(H,35,41)(H,39,40)/t24-,25-/m1/s1. The van der Waals surface area contributed by atoms with E-state index in [1.807, 2.05) is 97.3 Å². The Morgan fingerprint density at radius 3 is 2.10 bits per heavy atom. The van der Waals surface area contributed by atoms with Crippen molar-refractivity contribution in [2.45, 2.75) is 57.8 Å². The van der Waals surface area contributed by atoms with Crippen LogP contribution < -0.4 is 5.32 Å². The highest BCUT2D eigenvalue weighted by Crippen LogP contribution is 2.44. The highest BCUT2D eigenvalue weighted by molar-refractivity contribution is 6.33. The second-order valence-corrected chi connectivity index (χ2v) is 10.8. The number of anilines is 1. The van der Waals surface area contributed by atoms with E-state index in [1.165, 1.54) is 0 Å². The molecule has 4 aromatic rings. The number of para-hydroxylation sites is 1. The summed E-state index contributed by atoms with van der Waals surface area (Å²) in [4.78, 5) is 25.1. The summed E-state index contributed by atoms with van der Waals surface area (Å²) in [6, 6.07) is 26.4. The number of aliphatic carboxylic acids is 1. The molecule has 0 aliphatic carbocycles. The van der Waals surface area contributed by atoms with E-state index in [-0.39, 0.29) is 24.7 Å². The van der Waals surface area contributed by atoms with Crippen molar-refractivity contribution in [1.29, 1.82) is 0 Å². The van der Waals surface area contributed by atoms with Gasteiger partial charge in [0.1, 0.15) is 0 Å². The molecule has 0 bridgehead atoms. The van der Waals surface area contributed by atoms with Crippen LogP contribution in [0.3, 0.4) is 0 Å². The maximum absolute atomic E-state index is 14.1. The Morgan fingerprint density at radius 2 is 1.49 bits per heavy atom. The Morgan fingerprint density at radius 1 is 0.878 bits per heavy atom. The maximum atomic E-state index is 14.1. The number of carboxylic acids is 1. The molecular formula is C33H35ClN2O5. The van der Waals surface area contributed by atoms with Gasteiger partial charge in [-0.2, -0.15) is 0 Å². The summed E-state index contributed by atoms with van der Waals surface area (Å²) in [5, 5.41) is 33.4. The van der Waals surface area contributed by atoms with Crippen LogP contribution in [0.2, 0.25) is 5.02 Å². The molecule has 1 heterocycles. The molecule has 1 amide bonds. The molecule has 0 fully saturated rings. The van der Waals surface area contributed by atoms with Gasteiger partial charge in [0.25, 0.3) is 5.91 Å². The van der Waals surface area contributed by atoms with Gasteiger partial charge in [0.05, 0.1) is 29.9 Å². The summed E-state index contributed by atoms with van der Waals surface area (Å²) in [7, 11) is 0. The van der Waals surface area contributed by atoms with Crippen molar-refractivity contribution in [3.63, 3.8) is 0 Å². The lowest BCUT2D eigenvalue weighted by atomic mass is 9.94. The fourth-order valence-corrected chi connectivity index (χ4v) is 5.45. The van der Waals surface area contributed by atoms with E-state index in [2.05, 4.69) is 5.32 Å². The van der Waals surface area contributed by atoms with E-state index in [0.717, 1.165) is 28.1 Å². The number of hydrogen-bond acceptors (Lipinski definition) is 4. The third-order valence-corrected chi connectivity index (χ3v) is 7.27. The summed E-state index contributed by atoms with van der Waals surface area (Å²) in [5.74, 6) is -1.47. The number of nitrogens with one attached hydrogen (secondary N) is 1. The maximum Gasteiger partial charge on any atom is 0.305 e. The lowest BCUT2D eigenvalue weighted by molar-refractivity contribution is -0.139. The van der Waals surface area contributed by atoms with Crippen molar-refractivity contribution >= 4 is 29.2 Å². The average molecular weight is 575 g/mol. The van der Waals surface area contributed by atoms with Crippen LogP contribution in [-0.2, 0) is 11.3 Å². The minimum atomic E-state index is -1.16. The molecule has 0 aliphatic rings. The largest absolute Gasteiger partial charge is 0.481 e. The summed E-state index contributed by atoms with van der Waals surface area (Å²) in [5.41, 5.74) is 5.04. The number of nitrogens with zero attached hydrogens (tertiary/aromatic N) is 1. The molecule has 0 saturated carbocycles. The smallest absolute Gasteiger partial charge is 0.305 e. The fourth-order valence-electron chi connectivity index (χ4n) is 5.23. The molecule has 1 aromatic heterocycles. The predicted octanol–water partition coefficient (Wildman–Crippen LogP) is 6.83. The lowest BCUT2D eigenvalue weighted by Gasteiger charge is -2.20. The zero-order valence-electron chi connectivity index (χ0n) is 23.1. The van der Waals surface area contributed by atoms with Gasteiger partial charge in [0.15, 0.2) is 0 Å². The normalized spacial score (nSPS) is 12.7. The number of aliphatic hydroxyl groups excluding tert-OH is 2. The quantitative estimate of drug-likeness (QED) is 0.148. The molecule has 0 spiro atoms. The monoisotopic (exact) mass is 574 g/mol. The molecular weight excluding hydrogens is 540 g/mol. The molecule has 0 aliphatic heterocycles. The summed E-state index contributed by atoms with van der Waals surface area (Å²) in [6.45, 7) is 4.35. The van der Waals surface area contributed by atoms with Crippen molar-refractivity contribution in [2.75, 3.05) is 5.32 Å². The first-order chi connectivity index (χ1) is 19.7. The van der Waals surface area contributed by atoms with Crippen molar-refractivity contribution < 1.29 is 24.9 Å². The molecule has 0 radical (unpaired) electrons. The number of carbonyl (C=O) groups excluding carboxylic acids is 1. The summed E-state index contributed by atoms with van der Waals surface area (Å²) < 4.78 is 2.04.